The number of rotatable bonds is 5. The second-order valence-corrected chi connectivity index (χ2v) is 9.08. The second kappa shape index (κ2) is 8.75. The molecule has 1 fully saturated rings. The summed E-state index contributed by atoms with van der Waals surface area (Å²) in [5, 5.41) is 0.717. The normalized spacial score (nSPS) is 19.0. The number of amides is 1. The molecule has 2 aromatic heterocycles. The van der Waals surface area contributed by atoms with Gasteiger partial charge in [-0.05, 0) is 39.5 Å². The number of piperidine rings is 1. The van der Waals surface area contributed by atoms with Gasteiger partial charge in [-0.25, -0.2) is 15.0 Å². The van der Waals surface area contributed by atoms with Gasteiger partial charge in [-0.1, -0.05) is 11.8 Å². The van der Waals surface area contributed by atoms with Gasteiger partial charge in [-0.3, -0.25) is 14.2 Å². The van der Waals surface area contributed by atoms with Crippen LogP contribution in [0.4, 0.5) is 0 Å². The molecule has 1 amide bonds. The first-order chi connectivity index (χ1) is 14.4. The van der Waals surface area contributed by atoms with Crippen LogP contribution in [-0.4, -0.2) is 55.8 Å². The molecule has 9 heteroatoms. The molecule has 4 rings (SSSR count). The van der Waals surface area contributed by atoms with E-state index < -0.39 is 0 Å². The highest BCUT2D eigenvalue weighted by Crippen LogP contribution is 2.32. The molecular weight excluding hydrogens is 402 g/mol. The number of hydrogen-bond donors (Lipinski definition) is 0. The average Bonchev–Trinajstić information content (AvgIpc) is 3.15. The third kappa shape index (κ3) is 4.21. The highest BCUT2D eigenvalue weighted by molar-refractivity contribution is 7.99. The zero-order chi connectivity index (χ0) is 21.3. The third-order valence-electron chi connectivity index (χ3n) is 6.02. The summed E-state index contributed by atoms with van der Waals surface area (Å²) in [5.41, 5.74) is 2.49. The van der Waals surface area contributed by atoms with E-state index in [0.29, 0.717) is 30.4 Å². The van der Waals surface area contributed by atoms with Crippen LogP contribution in [0.5, 0.6) is 5.88 Å². The van der Waals surface area contributed by atoms with Crippen molar-refractivity contribution in [3.63, 3.8) is 0 Å². The average molecular weight is 430 g/mol. The quantitative estimate of drug-likeness (QED) is 0.674. The molecular formula is C21H27N5O3S. The summed E-state index contributed by atoms with van der Waals surface area (Å²) in [7, 11) is 0. The third-order valence-corrected chi connectivity index (χ3v) is 7.14. The number of carbonyl (C=O) groups excluding carboxylic acids is 1. The summed E-state index contributed by atoms with van der Waals surface area (Å²) >= 11 is 1.55. The Hall–Kier alpha value is -2.42. The van der Waals surface area contributed by atoms with Crippen LogP contribution in [0.25, 0.3) is 0 Å². The zero-order valence-corrected chi connectivity index (χ0v) is 18.4. The molecule has 1 saturated heterocycles. The molecule has 0 bridgehead atoms. The molecule has 4 heterocycles. The molecule has 0 aromatic carbocycles. The van der Waals surface area contributed by atoms with Crippen molar-refractivity contribution >= 4 is 17.7 Å². The van der Waals surface area contributed by atoms with E-state index in [4.69, 9.17) is 4.74 Å². The van der Waals surface area contributed by atoms with Crippen LogP contribution >= 0.6 is 11.8 Å². The SMILES string of the molecule is Cc1ncnc(OCC2CCN(C(=O)CC3CSc4ncc(C)c(=O)n43)CC2)c1C. The van der Waals surface area contributed by atoms with Crippen LogP contribution in [0.2, 0.25) is 0 Å². The number of likely N-dealkylation sites (tertiary alicyclic amines) is 1. The van der Waals surface area contributed by atoms with Crippen molar-refractivity contribution in [2.45, 2.75) is 51.2 Å². The van der Waals surface area contributed by atoms with Gasteiger partial charge in [0.2, 0.25) is 11.8 Å². The molecule has 2 aromatic rings. The number of aromatic nitrogens is 4. The van der Waals surface area contributed by atoms with Crippen LogP contribution in [0.1, 0.15) is 42.1 Å². The molecule has 2 aliphatic rings. The van der Waals surface area contributed by atoms with Gasteiger partial charge in [0.1, 0.15) is 6.33 Å². The Morgan fingerprint density at radius 2 is 1.97 bits per heavy atom. The molecule has 0 radical (unpaired) electrons. The highest BCUT2D eigenvalue weighted by Gasteiger charge is 2.31. The lowest BCUT2D eigenvalue weighted by atomic mass is 9.97. The number of carbonyl (C=O) groups is 1. The minimum atomic E-state index is -0.109. The van der Waals surface area contributed by atoms with Gasteiger partial charge in [0.05, 0.1) is 12.6 Å². The summed E-state index contributed by atoms with van der Waals surface area (Å²) in [6.45, 7) is 7.73. The summed E-state index contributed by atoms with van der Waals surface area (Å²) in [6.07, 6.45) is 5.31. The van der Waals surface area contributed by atoms with E-state index in [1.807, 2.05) is 18.7 Å². The van der Waals surface area contributed by atoms with Crippen molar-refractivity contribution < 1.29 is 9.53 Å². The van der Waals surface area contributed by atoms with Gasteiger partial charge in [0.15, 0.2) is 5.16 Å². The maximum absolute atomic E-state index is 12.9. The lowest BCUT2D eigenvalue weighted by Gasteiger charge is -2.32. The Labute approximate surface area is 180 Å². The lowest BCUT2D eigenvalue weighted by Crippen LogP contribution is -2.41. The van der Waals surface area contributed by atoms with E-state index in [1.54, 1.807) is 29.4 Å². The van der Waals surface area contributed by atoms with Gasteiger partial charge in [0.25, 0.3) is 5.56 Å². The molecule has 0 aliphatic carbocycles. The molecule has 1 unspecified atom stereocenters. The smallest absolute Gasteiger partial charge is 0.257 e. The standard InChI is InChI=1S/C21H27N5O3S/c1-13-9-22-21-26(20(13)28)17(11-30-21)8-18(27)25-6-4-16(5-7-25)10-29-19-14(2)15(3)23-12-24-19/h9,12,16-17H,4-8,10-11H2,1-3H3. The number of aryl methyl sites for hydroxylation is 2. The predicted octanol–water partition coefficient (Wildman–Crippen LogP) is 2.31. The molecule has 2 aliphatic heterocycles. The monoisotopic (exact) mass is 429 g/mol. The number of fused-ring (bicyclic) bond motifs is 1. The summed E-state index contributed by atoms with van der Waals surface area (Å²) in [4.78, 5) is 40.0. The molecule has 1 atom stereocenters. The van der Waals surface area contributed by atoms with E-state index in [2.05, 4.69) is 15.0 Å². The van der Waals surface area contributed by atoms with Crippen LogP contribution in [-0.2, 0) is 4.79 Å². The van der Waals surface area contributed by atoms with Crippen molar-refractivity contribution in [2.24, 2.45) is 5.92 Å². The second-order valence-electron chi connectivity index (χ2n) is 8.09. The van der Waals surface area contributed by atoms with Crippen LogP contribution in [0, 0.1) is 26.7 Å². The van der Waals surface area contributed by atoms with Crippen molar-refractivity contribution in [3.05, 3.63) is 39.7 Å². The maximum Gasteiger partial charge on any atom is 0.257 e. The predicted molar refractivity (Wildman–Crippen MR) is 114 cm³/mol. The minimum absolute atomic E-state index is 0.0334. The van der Waals surface area contributed by atoms with Gasteiger partial charge in [-0.15, -0.1) is 0 Å². The Balaban J connectivity index is 1.29. The van der Waals surface area contributed by atoms with Crippen molar-refractivity contribution in [1.82, 2.24) is 24.4 Å². The topological polar surface area (TPSA) is 90.2 Å². The van der Waals surface area contributed by atoms with E-state index in [0.717, 1.165) is 48.1 Å². The van der Waals surface area contributed by atoms with E-state index in [1.165, 1.54) is 6.33 Å². The largest absolute Gasteiger partial charge is 0.477 e. The van der Waals surface area contributed by atoms with Gasteiger partial charge in [-0.2, -0.15) is 0 Å². The summed E-state index contributed by atoms with van der Waals surface area (Å²) in [5.74, 6) is 1.89. The van der Waals surface area contributed by atoms with E-state index in [9.17, 15) is 9.59 Å². The molecule has 0 saturated carbocycles. The number of ether oxygens (including phenoxy) is 1. The van der Waals surface area contributed by atoms with Gasteiger partial charge >= 0.3 is 0 Å². The van der Waals surface area contributed by atoms with Crippen LogP contribution < -0.4 is 10.3 Å². The maximum atomic E-state index is 12.9. The Morgan fingerprint density at radius 3 is 2.73 bits per heavy atom. The first kappa shape index (κ1) is 20.8. The minimum Gasteiger partial charge on any atom is -0.477 e. The number of nitrogens with zero attached hydrogens (tertiary/aromatic N) is 5. The fourth-order valence-electron chi connectivity index (χ4n) is 3.91. The molecule has 8 nitrogen and oxygen atoms in total. The molecule has 0 spiro atoms. The highest BCUT2D eigenvalue weighted by atomic mass is 32.2. The summed E-state index contributed by atoms with van der Waals surface area (Å²) in [6, 6.07) is -0.109. The van der Waals surface area contributed by atoms with Crippen LogP contribution in [0.3, 0.4) is 0 Å². The molecule has 0 N–H and O–H groups in total. The van der Waals surface area contributed by atoms with E-state index in [-0.39, 0.29) is 17.5 Å². The van der Waals surface area contributed by atoms with Crippen molar-refractivity contribution in [1.29, 1.82) is 0 Å². The lowest BCUT2D eigenvalue weighted by molar-refractivity contribution is -0.133. The van der Waals surface area contributed by atoms with Gasteiger partial charge < -0.3 is 9.64 Å². The molecule has 30 heavy (non-hydrogen) atoms. The fourth-order valence-corrected chi connectivity index (χ4v) is 5.02. The first-order valence-corrected chi connectivity index (χ1v) is 11.3. The fraction of sp³-hybridized carbons (Fsp3) is 0.571. The van der Waals surface area contributed by atoms with Crippen molar-refractivity contribution in [3.8, 4) is 5.88 Å². The van der Waals surface area contributed by atoms with Crippen molar-refractivity contribution in [2.75, 3.05) is 25.4 Å². The Bertz CT molecular complexity index is 1000. The number of hydrogen-bond acceptors (Lipinski definition) is 7. The summed E-state index contributed by atoms with van der Waals surface area (Å²) < 4.78 is 7.62. The zero-order valence-electron chi connectivity index (χ0n) is 17.6. The first-order valence-electron chi connectivity index (χ1n) is 10.3. The van der Waals surface area contributed by atoms with E-state index >= 15 is 0 Å². The molecule has 160 valence electrons. The Morgan fingerprint density at radius 1 is 1.20 bits per heavy atom. The van der Waals surface area contributed by atoms with Gasteiger partial charge in [0, 0.05) is 48.3 Å². The number of thioether (sulfide) groups is 1. The van der Waals surface area contributed by atoms with Crippen LogP contribution in [0.15, 0.2) is 22.5 Å². The Kier molecular flexibility index (Phi) is 6.08.